The summed E-state index contributed by atoms with van der Waals surface area (Å²) in [5.74, 6) is -1.03. The van der Waals surface area contributed by atoms with Crippen molar-refractivity contribution in [2.75, 3.05) is 10.6 Å². The van der Waals surface area contributed by atoms with Crippen LogP contribution in [0.15, 0.2) is 132 Å². The van der Waals surface area contributed by atoms with Crippen LogP contribution in [0.2, 0.25) is 0 Å². The molecule has 6 rings (SSSR count). The first-order chi connectivity index (χ1) is 21.0. The summed E-state index contributed by atoms with van der Waals surface area (Å²) >= 11 is 1.33. The zero-order valence-corrected chi connectivity index (χ0v) is 23.8. The maximum atomic E-state index is 13.9. The number of thioether (sulfide) groups is 1. The minimum atomic E-state index is -0.686. The Hall–Kier alpha value is -5.27. The van der Waals surface area contributed by atoms with Crippen LogP contribution in [-0.4, -0.2) is 23.4 Å². The number of nitrogens with one attached hydrogen (secondary N) is 2. The maximum Gasteiger partial charge on any atom is 0.242 e. The predicted molar refractivity (Wildman–Crippen MR) is 169 cm³/mol. The summed E-state index contributed by atoms with van der Waals surface area (Å²) in [6.07, 6.45) is 0.250. The summed E-state index contributed by atoms with van der Waals surface area (Å²) in [4.78, 5) is 54.0. The Bertz CT molecular complexity index is 1850. The van der Waals surface area contributed by atoms with Crippen molar-refractivity contribution < 1.29 is 19.2 Å². The molecule has 5 aromatic carbocycles. The molecule has 1 aliphatic rings. The van der Waals surface area contributed by atoms with Crippen LogP contribution >= 0.6 is 11.8 Å². The Morgan fingerprint density at radius 2 is 1.26 bits per heavy atom. The number of benzene rings is 5. The van der Waals surface area contributed by atoms with Crippen LogP contribution < -0.4 is 10.6 Å². The molecule has 0 spiro atoms. The zero-order valence-electron chi connectivity index (χ0n) is 23.0. The molecule has 5 aromatic rings. The topological polar surface area (TPSA) is 92.3 Å². The highest BCUT2D eigenvalue weighted by molar-refractivity contribution is 8.00. The molecule has 0 radical (unpaired) electrons. The fourth-order valence-electron chi connectivity index (χ4n) is 5.12. The lowest BCUT2D eigenvalue weighted by Gasteiger charge is -2.22. The Balaban J connectivity index is 1.25. The second-order valence-corrected chi connectivity index (χ2v) is 11.2. The van der Waals surface area contributed by atoms with Crippen molar-refractivity contribution in [2.24, 2.45) is 0 Å². The van der Waals surface area contributed by atoms with Crippen molar-refractivity contribution in [3.8, 4) is 0 Å². The Morgan fingerprint density at radius 1 is 0.628 bits per heavy atom. The van der Waals surface area contributed by atoms with Crippen molar-refractivity contribution in [2.45, 2.75) is 16.6 Å². The average molecular weight is 583 g/mol. The van der Waals surface area contributed by atoms with Gasteiger partial charge in [-0.2, -0.15) is 0 Å². The summed E-state index contributed by atoms with van der Waals surface area (Å²) in [6, 6.07) is 37.8. The molecule has 0 saturated heterocycles. The fraction of sp³-hybridized carbons (Fsp3) is 0.0556. The summed E-state index contributed by atoms with van der Waals surface area (Å²) in [7, 11) is 0. The van der Waals surface area contributed by atoms with Gasteiger partial charge < -0.3 is 10.6 Å². The molecule has 1 atom stereocenters. The van der Waals surface area contributed by atoms with Gasteiger partial charge in [-0.1, -0.05) is 103 Å². The number of anilines is 2. The van der Waals surface area contributed by atoms with Gasteiger partial charge in [-0.25, -0.2) is 0 Å². The van der Waals surface area contributed by atoms with E-state index in [1.165, 1.54) is 11.8 Å². The van der Waals surface area contributed by atoms with Crippen LogP contribution in [0.5, 0.6) is 0 Å². The molecule has 7 heteroatoms. The largest absolute Gasteiger partial charge is 0.326 e. The normalized spacial score (nSPS) is 12.6. The van der Waals surface area contributed by atoms with Crippen molar-refractivity contribution in [1.29, 1.82) is 0 Å². The SMILES string of the molecule is O=C(Cc1ccccc1)Nc1cccc(SC(C(=O)Nc2cccc3c2C(=O)c2ccccc2C3=O)c2ccccc2)c1. The predicted octanol–water partition coefficient (Wildman–Crippen LogP) is 7.12. The van der Waals surface area contributed by atoms with Gasteiger partial charge in [0.2, 0.25) is 11.8 Å². The van der Waals surface area contributed by atoms with Gasteiger partial charge in [0.1, 0.15) is 5.25 Å². The van der Waals surface area contributed by atoms with Crippen molar-refractivity contribution in [3.05, 3.63) is 161 Å². The molecule has 0 heterocycles. The van der Waals surface area contributed by atoms with E-state index in [0.717, 1.165) is 16.0 Å². The molecule has 2 N–H and O–H groups in total. The lowest BCUT2D eigenvalue weighted by Crippen LogP contribution is -2.25. The van der Waals surface area contributed by atoms with E-state index in [4.69, 9.17) is 0 Å². The second-order valence-electron chi connectivity index (χ2n) is 10.1. The van der Waals surface area contributed by atoms with Gasteiger partial charge in [-0.05, 0) is 35.4 Å². The molecule has 210 valence electrons. The maximum absolute atomic E-state index is 13.9. The van der Waals surface area contributed by atoms with Gasteiger partial charge in [0.05, 0.1) is 17.7 Å². The summed E-state index contributed by atoms with van der Waals surface area (Å²) in [5, 5.41) is 5.20. The Labute approximate surface area is 253 Å². The number of carbonyl (C=O) groups is 4. The van der Waals surface area contributed by atoms with Gasteiger partial charge in [0.15, 0.2) is 11.6 Å². The molecular weight excluding hydrogens is 556 g/mol. The quantitative estimate of drug-likeness (QED) is 0.187. The van der Waals surface area contributed by atoms with E-state index in [2.05, 4.69) is 10.6 Å². The van der Waals surface area contributed by atoms with Gasteiger partial charge in [-0.15, -0.1) is 11.8 Å². The Morgan fingerprint density at radius 3 is 2.00 bits per heavy atom. The Kier molecular flexibility index (Phi) is 7.98. The molecule has 1 unspecified atom stereocenters. The summed E-state index contributed by atoms with van der Waals surface area (Å²) in [5.41, 5.74) is 3.73. The van der Waals surface area contributed by atoms with Crippen LogP contribution in [0.1, 0.15) is 48.2 Å². The highest BCUT2D eigenvalue weighted by Crippen LogP contribution is 2.38. The summed E-state index contributed by atoms with van der Waals surface area (Å²) in [6.45, 7) is 0. The molecule has 0 aromatic heterocycles. The fourth-order valence-corrected chi connectivity index (χ4v) is 6.20. The number of ketones is 2. The summed E-state index contributed by atoms with van der Waals surface area (Å²) < 4.78 is 0. The molecule has 0 fully saturated rings. The van der Waals surface area contributed by atoms with E-state index in [-0.39, 0.29) is 40.9 Å². The average Bonchev–Trinajstić information content (AvgIpc) is 3.03. The standard InChI is InChI=1S/C36H26N2O4S/c39-31(21-23-11-3-1-4-12-23)37-25-15-9-16-26(22-25)43-35(24-13-5-2-6-14-24)36(42)38-30-20-10-19-29-32(30)34(41)28-18-8-7-17-27(28)33(29)40/h1-20,22,35H,21H2,(H,37,39)(H,38,42). The van der Waals surface area contributed by atoms with E-state index >= 15 is 0 Å². The number of rotatable bonds is 8. The first kappa shape index (κ1) is 27.9. The number of fused-ring (bicyclic) bond motifs is 2. The monoisotopic (exact) mass is 582 g/mol. The lowest BCUT2D eigenvalue weighted by atomic mass is 9.83. The third-order valence-electron chi connectivity index (χ3n) is 7.13. The minimum absolute atomic E-state index is 0.139. The van der Waals surface area contributed by atoms with E-state index < -0.39 is 5.25 Å². The molecule has 0 bridgehead atoms. The molecule has 0 saturated carbocycles. The smallest absolute Gasteiger partial charge is 0.242 e. The minimum Gasteiger partial charge on any atom is -0.326 e. The molecule has 1 aliphatic carbocycles. The van der Waals surface area contributed by atoms with E-state index in [1.54, 1.807) is 48.5 Å². The number of hydrogen-bond acceptors (Lipinski definition) is 5. The van der Waals surface area contributed by atoms with Gasteiger partial charge in [0.25, 0.3) is 0 Å². The highest BCUT2D eigenvalue weighted by atomic mass is 32.2. The van der Waals surface area contributed by atoms with Crippen LogP contribution in [0.3, 0.4) is 0 Å². The first-order valence-electron chi connectivity index (χ1n) is 13.8. The first-order valence-corrected chi connectivity index (χ1v) is 14.6. The molecule has 2 amide bonds. The van der Waals surface area contributed by atoms with Crippen molar-refractivity contribution in [3.63, 3.8) is 0 Å². The van der Waals surface area contributed by atoms with E-state index in [0.29, 0.717) is 22.5 Å². The molecule has 43 heavy (non-hydrogen) atoms. The van der Waals surface area contributed by atoms with Crippen LogP contribution in [-0.2, 0) is 16.0 Å². The number of carbonyl (C=O) groups excluding carboxylic acids is 4. The molecule has 6 nitrogen and oxygen atoms in total. The number of hydrogen-bond donors (Lipinski definition) is 2. The van der Waals surface area contributed by atoms with Crippen LogP contribution in [0, 0.1) is 0 Å². The van der Waals surface area contributed by atoms with E-state index in [1.807, 2.05) is 78.9 Å². The van der Waals surface area contributed by atoms with E-state index in [9.17, 15) is 19.2 Å². The lowest BCUT2D eigenvalue weighted by molar-refractivity contribution is -0.116. The van der Waals surface area contributed by atoms with Crippen LogP contribution in [0.25, 0.3) is 0 Å². The second kappa shape index (κ2) is 12.3. The van der Waals surface area contributed by atoms with Crippen molar-refractivity contribution in [1.82, 2.24) is 0 Å². The van der Waals surface area contributed by atoms with Gasteiger partial charge >= 0.3 is 0 Å². The highest BCUT2D eigenvalue weighted by Gasteiger charge is 2.32. The molecule has 0 aliphatic heterocycles. The third kappa shape index (κ3) is 6.03. The van der Waals surface area contributed by atoms with Crippen molar-refractivity contribution >= 4 is 46.5 Å². The van der Waals surface area contributed by atoms with Crippen LogP contribution in [0.4, 0.5) is 11.4 Å². The van der Waals surface area contributed by atoms with Gasteiger partial charge in [0, 0.05) is 27.3 Å². The zero-order chi connectivity index (χ0) is 29.8. The molecular formula is C36H26N2O4S. The third-order valence-corrected chi connectivity index (χ3v) is 8.38. The number of amides is 2. The van der Waals surface area contributed by atoms with Gasteiger partial charge in [-0.3, -0.25) is 19.2 Å².